The number of carbonyl (C=O) groups is 2. The Hall–Kier alpha value is -3.38. The van der Waals surface area contributed by atoms with E-state index in [9.17, 15) is 14.4 Å². The molecule has 0 radical (unpaired) electrons. The first-order valence-corrected chi connectivity index (χ1v) is 8.47. The van der Waals surface area contributed by atoms with Gasteiger partial charge in [0.15, 0.2) is 0 Å². The van der Waals surface area contributed by atoms with E-state index in [0.29, 0.717) is 11.6 Å². The first-order valence-electron chi connectivity index (χ1n) is 8.10. The van der Waals surface area contributed by atoms with Crippen molar-refractivity contribution in [2.45, 2.75) is 6.54 Å². The van der Waals surface area contributed by atoms with Crippen LogP contribution >= 0.6 is 11.6 Å². The predicted octanol–water partition coefficient (Wildman–Crippen LogP) is 2.90. The first kappa shape index (κ1) is 18.4. The van der Waals surface area contributed by atoms with Gasteiger partial charge in [-0.15, -0.1) is 0 Å². The van der Waals surface area contributed by atoms with E-state index in [1.165, 1.54) is 16.7 Å². The number of benzene rings is 2. The van der Waals surface area contributed by atoms with Crippen molar-refractivity contribution in [1.82, 2.24) is 4.57 Å². The fourth-order valence-electron chi connectivity index (χ4n) is 2.62. The second-order valence-corrected chi connectivity index (χ2v) is 6.28. The molecule has 0 fully saturated rings. The molecule has 0 aliphatic carbocycles. The number of rotatable bonds is 5. The number of para-hydroxylation sites is 1. The maximum absolute atomic E-state index is 12.7. The van der Waals surface area contributed by atoms with Crippen LogP contribution in [0.15, 0.2) is 71.7 Å². The summed E-state index contributed by atoms with van der Waals surface area (Å²) in [5, 5.41) is 3.18. The number of nitrogens with two attached hydrogens (primary N) is 1. The lowest BCUT2D eigenvalue weighted by Gasteiger charge is -2.10. The Kier molecular flexibility index (Phi) is 5.38. The second kappa shape index (κ2) is 7.88. The van der Waals surface area contributed by atoms with Crippen LogP contribution in [0.25, 0.3) is 0 Å². The van der Waals surface area contributed by atoms with Gasteiger partial charge in [-0.2, -0.15) is 0 Å². The van der Waals surface area contributed by atoms with Crippen LogP contribution in [-0.2, 0) is 6.54 Å². The molecule has 0 spiro atoms. The predicted molar refractivity (Wildman–Crippen MR) is 104 cm³/mol. The van der Waals surface area contributed by atoms with Gasteiger partial charge in [-0.3, -0.25) is 14.4 Å². The number of primary amides is 1. The number of anilines is 1. The molecule has 3 N–H and O–H groups in total. The third-order valence-corrected chi connectivity index (χ3v) is 4.22. The molecule has 0 unspecified atom stereocenters. The molecule has 0 aliphatic rings. The van der Waals surface area contributed by atoms with Crippen molar-refractivity contribution in [3.05, 3.63) is 98.9 Å². The molecule has 0 aliphatic heterocycles. The molecule has 0 saturated carbocycles. The van der Waals surface area contributed by atoms with E-state index in [4.69, 9.17) is 17.3 Å². The van der Waals surface area contributed by atoms with Gasteiger partial charge in [-0.05, 0) is 42.0 Å². The van der Waals surface area contributed by atoms with Crippen LogP contribution in [0.2, 0.25) is 5.02 Å². The molecule has 2 aromatic carbocycles. The van der Waals surface area contributed by atoms with E-state index in [1.54, 1.807) is 42.6 Å². The summed E-state index contributed by atoms with van der Waals surface area (Å²) < 4.78 is 1.43. The average molecular weight is 382 g/mol. The summed E-state index contributed by atoms with van der Waals surface area (Å²) in [6, 6.07) is 16.5. The monoisotopic (exact) mass is 381 g/mol. The maximum Gasteiger partial charge on any atom is 0.263 e. The number of carbonyl (C=O) groups excluding carboxylic acids is 2. The topological polar surface area (TPSA) is 94.2 Å². The normalized spacial score (nSPS) is 10.4. The second-order valence-electron chi connectivity index (χ2n) is 5.85. The van der Waals surface area contributed by atoms with Crippen LogP contribution in [0, 0.1) is 0 Å². The summed E-state index contributed by atoms with van der Waals surface area (Å²) in [6.07, 6.45) is 1.60. The van der Waals surface area contributed by atoms with Crippen molar-refractivity contribution in [1.29, 1.82) is 0 Å². The van der Waals surface area contributed by atoms with Crippen molar-refractivity contribution in [3.63, 3.8) is 0 Å². The van der Waals surface area contributed by atoms with Crippen LogP contribution in [0.5, 0.6) is 0 Å². The van der Waals surface area contributed by atoms with Gasteiger partial charge in [-0.1, -0.05) is 35.9 Å². The van der Waals surface area contributed by atoms with Gasteiger partial charge < -0.3 is 15.6 Å². The van der Waals surface area contributed by atoms with Crippen LogP contribution in [0.4, 0.5) is 5.69 Å². The number of amides is 2. The Morgan fingerprint density at radius 1 is 0.963 bits per heavy atom. The van der Waals surface area contributed by atoms with E-state index in [1.807, 2.05) is 12.1 Å². The smallest absolute Gasteiger partial charge is 0.263 e. The van der Waals surface area contributed by atoms with Crippen molar-refractivity contribution in [2.75, 3.05) is 5.32 Å². The molecule has 1 aromatic heterocycles. The van der Waals surface area contributed by atoms with Crippen LogP contribution in [0.3, 0.4) is 0 Å². The van der Waals surface area contributed by atoms with Crippen molar-refractivity contribution >= 4 is 29.1 Å². The van der Waals surface area contributed by atoms with E-state index in [0.717, 1.165) is 5.56 Å². The minimum atomic E-state index is -0.667. The Morgan fingerprint density at radius 2 is 1.63 bits per heavy atom. The number of pyridine rings is 1. The molecular formula is C20H16ClN3O3. The summed E-state index contributed by atoms with van der Waals surface area (Å²) in [5.74, 6) is -1.28. The minimum absolute atomic E-state index is 0.0364. The largest absolute Gasteiger partial charge is 0.366 e. The number of halogens is 1. The van der Waals surface area contributed by atoms with E-state index in [-0.39, 0.29) is 16.8 Å². The number of nitrogens with one attached hydrogen (secondary N) is 1. The molecule has 0 atom stereocenters. The quantitative estimate of drug-likeness (QED) is 0.711. The van der Waals surface area contributed by atoms with Gasteiger partial charge >= 0.3 is 0 Å². The Morgan fingerprint density at radius 3 is 2.33 bits per heavy atom. The molecule has 0 bridgehead atoms. The Balaban J connectivity index is 1.87. The number of nitrogens with zero attached hydrogens (tertiary/aromatic N) is 1. The van der Waals surface area contributed by atoms with Gasteiger partial charge in [0.05, 0.1) is 17.8 Å². The molecular weight excluding hydrogens is 366 g/mol. The van der Waals surface area contributed by atoms with Gasteiger partial charge in [0.1, 0.15) is 5.56 Å². The SMILES string of the molecule is NC(=O)c1ccccc1NC(=O)c1cccn(Cc2ccc(Cl)cc2)c1=O. The van der Waals surface area contributed by atoms with Crippen LogP contribution in [0.1, 0.15) is 26.3 Å². The highest BCUT2D eigenvalue weighted by Crippen LogP contribution is 2.15. The summed E-state index contributed by atoms with van der Waals surface area (Å²) in [7, 11) is 0. The third kappa shape index (κ3) is 4.24. The highest BCUT2D eigenvalue weighted by atomic mass is 35.5. The maximum atomic E-state index is 12.7. The van der Waals surface area contributed by atoms with Crippen LogP contribution < -0.4 is 16.6 Å². The molecule has 0 saturated heterocycles. The number of hydrogen-bond acceptors (Lipinski definition) is 3. The van der Waals surface area contributed by atoms with Crippen LogP contribution in [-0.4, -0.2) is 16.4 Å². The zero-order valence-electron chi connectivity index (χ0n) is 14.2. The summed E-state index contributed by atoms with van der Waals surface area (Å²) in [5.41, 5.74) is 6.13. The fraction of sp³-hybridized carbons (Fsp3) is 0.0500. The van der Waals surface area contributed by atoms with Gasteiger partial charge in [0.2, 0.25) is 0 Å². The molecule has 27 heavy (non-hydrogen) atoms. The van der Waals surface area contributed by atoms with Crippen molar-refractivity contribution < 1.29 is 9.59 Å². The standard InChI is InChI=1S/C20H16ClN3O3/c21-14-9-7-13(8-10-14)12-24-11-3-5-16(20(24)27)19(26)23-17-6-2-1-4-15(17)18(22)25/h1-11H,12H2,(H2,22,25)(H,23,26). The fourth-order valence-corrected chi connectivity index (χ4v) is 2.74. The third-order valence-electron chi connectivity index (χ3n) is 3.97. The number of hydrogen-bond donors (Lipinski definition) is 2. The number of aromatic nitrogens is 1. The molecule has 136 valence electrons. The molecule has 1 heterocycles. The van der Waals surface area contributed by atoms with Gasteiger partial charge in [-0.25, -0.2) is 0 Å². The Labute approximate surface area is 160 Å². The molecule has 7 heteroatoms. The molecule has 6 nitrogen and oxygen atoms in total. The first-order chi connectivity index (χ1) is 13.0. The zero-order valence-corrected chi connectivity index (χ0v) is 14.9. The average Bonchev–Trinajstić information content (AvgIpc) is 2.65. The lowest BCUT2D eigenvalue weighted by Crippen LogP contribution is -2.29. The van der Waals surface area contributed by atoms with E-state index >= 15 is 0 Å². The summed E-state index contributed by atoms with van der Waals surface area (Å²) in [6.45, 7) is 0.301. The minimum Gasteiger partial charge on any atom is -0.366 e. The summed E-state index contributed by atoms with van der Waals surface area (Å²) in [4.78, 5) is 36.7. The molecule has 3 aromatic rings. The van der Waals surface area contributed by atoms with Crippen molar-refractivity contribution in [3.8, 4) is 0 Å². The van der Waals surface area contributed by atoms with E-state index in [2.05, 4.69) is 5.32 Å². The van der Waals surface area contributed by atoms with Gasteiger partial charge in [0.25, 0.3) is 17.4 Å². The van der Waals surface area contributed by atoms with E-state index < -0.39 is 17.4 Å². The highest BCUT2D eigenvalue weighted by molar-refractivity contribution is 6.30. The summed E-state index contributed by atoms with van der Waals surface area (Å²) >= 11 is 5.87. The lowest BCUT2D eigenvalue weighted by atomic mass is 10.1. The molecule has 3 rings (SSSR count). The molecule has 2 amide bonds. The zero-order chi connectivity index (χ0) is 19.4. The lowest BCUT2D eigenvalue weighted by molar-refractivity contribution is 0.100. The Bertz CT molecular complexity index is 1060. The van der Waals surface area contributed by atoms with Gasteiger partial charge in [0, 0.05) is 11.2 Å². The highest BCUT2D eigenvalue weighted by Gasteiger charge is 2.15. The van der Waals surface area contributed by atoms with Crippen molar-refractivity contribution in [2.24, 2.45) is 5.73 Å².